The summed E-state index contributed by atoms with van der Waals surface area (Å²) in [7, 11) is -0.253. The molecule has 0 spiro atoms. The Hall–Kier alpha value is -0.400. The zero-order valence-electron chi connectivity index (χ0n) is 4.55. The van der Waals surface area contributed by atoms with Crippen molar-refractivity contribution in [2.45, 2.75) is 6.92 Å². The predicted molar refractivity (Wildman–Crippen MR) is 33.4 cm³/mol. The maximum atomic E-state index is 10.3. The molecule has 0 aliphatic carbocycles. The van der Waals surface area contributed by atoms with Crippen LogP contribution in [0.15, 0.2) is 12.2 Å². The first-order valence-corrected chi connectivity index (χ1v) is 3.09. The lowest BCUT2D eigenvalue weighted by Gasteiger charge is -1.90. The van der Waals surface area contributed by atoms with Crippen molar-refractivity contribution in [3.05, 3.63) is 12.2 Å². The number of carbonyl (C=O) groups is 1. The van der Waals surface area contributed by atoms with E-state index in [1.54, 1.807) is 13.0 Å². The van der Waals surface area contributed by atoms with Crippen molar-refractivity contribution in [3.63, 3.8) is 0 Å². The third-order valence-corrected chi connectivity index (χ3v) is 0.781. The zero-order chi connectivity index (χ0) is 6.41. The summed E-state index contributed by atoms with van der Waals surface area (Å²) in [4.78, 5) is 10.3. The molecule has 0 saturated carbocycles. The van der Waals surface area contributed by atoms with Crippen LogP contribution >= 0.6 is 8.96 Å². The monoisotopic (exact) mass is 133 g/mol. The van der Waals surface area contributed by atoms with Crippen LogP contribution in [-0.4, -0.2) is 5.97 Å². The second-order valence-corrected chi connectivity index (χ2v) is 1.48. The number of carbonyl (C=O) groups excluding carboxylic acids is 1. The van der Waals surface area contributed by atoms with Gasteiger partial charge in [0.15, 0.2) is 0 Å². The topological polar surface area (TPSA) is 52.3 Å². The minimum Gasteiger partial charge on any atom is -0.428 e. The Labute approximate surface area is 49.8 Å². The number of allylic oxidation sites excluding steroid dienone is 1. The molecule has 0 fully saturated rings. The number of hydrogen-bond donors (Lipinski definition) is 1. The van der Waals surface area contributed by atoms with E-state index in [4.69, 9.17) is 5.50 Å². The Bertz CT molecular complexity index is 102. The standard InChI is InChI=1S/C4H8NO2P/c1-2-3-4(6)7-8-5/h2-3,8H,5H2,1H3/b3-2+. The molecule has 0 bridgehead atoms. The normalized spacial score (nSPS) is 11.2. The van der Waals surface area contributed by atoms with Crippen molar-refractivity contribution in [1.29, 1.82) is 0 Å². The van der Waals surface area contributed by atoms with E-state index in [9.17, 15) is 4.79 Å². The van der Waals surface area contributed by atoms with Gasteiger partial charge in [0.2, 0.25) is 0 Å². The Morgan fingerprint density at radius 1 is 1.88 bits per heavy atom. The van der Waals surface area contributed by atoms with Crippen LogP contribution < -0.4 is 5.50 Å². The molecule has 0 aliphatic rings. The molecule has 0 aromatic heterocycles. The average molecular weight is 133 g/mol. The molecule has 4 heteroatoms. The van der Waals surface area contributed by atoms with Crippen LogP contribution in [0.3, 0.4) is 0 Å². The van der Waals surface area contributed by atoms with Gasteiger partial charge in [-0.25, -0.2) is 4.79 Å². The van der Waals surface area contributed by atoms with Gasteiger partial charge < -0.3 is 4.52 Å². The summed E-state index contributed by atoms with van der Waals surface area (Å²) < 4.78 is 4.36. The van der Waals surface area contributed by atoms with E-state index < -0.39 is 0 Å². The summed E-state index contributed by atoms with van der Waals surface area (Å²) in [6, 6.07) is 0. The second-order valence-electron chi connectivity index (χ2n) is 1.04. The van der Waals surface area contributed by atoms with Gasteiger partial charge in [-0.05, 0) is 6.92 Å². The van der Waals surface area contributed by atoms with Gasteiger partial charge in [-0.2, -0.15) is 0 Å². The predicted octanol–water partition coefficient (Wildman–Crippen LogP) is 0.573. The Kier molecular flexibility index (Phi) is 4.51. The van der Waals surface area contributed by atoms with Crippen molar-refractivity contribution >= 4 is 14.9 Å². The number of hydrogen-bond acceptors (Lipinski definition) is 3. The Balaban J connectivity index is 3.33. The van der Waals surface area contributed by atoms with E-state index >= 15 is 0 Å². The Morgan fingerprint density at radius 2 is 2.50 bits per heavy atom. The zero-order valence-corrected chi connectivity index (χ0v) is 5.55. The molecule has 8 heavy (non-hydrogen) atoms. The first-order chi connectivity index (χ1) is 3.81. The summed E-state index contributed by atoms with van der Waals surface area (Å²) in [6.45, 7) is 1.74. The van der Waals surface area contributed by atoms with Crippen LogP contribution in [0.2, 0.25) is 0 Å². The highest BCUT2D eigenvalue weighted by Gasteiger charge is 1.89. The molecule has 0 amide bonds. The highest BCUT2D eigenvalue weighted by molar-refractivity contribution is 7.29. The summed E-state index contributed by atoms with van der Waals surface area (Å²) in [6.07, 6.45) is 2.92. The van der Waals surface area contributed by atoms with E-state index in [2.05, 4.69) is 4.52 Å². The van der Waals surface area contributed by atoms with E-state index in [0.717, 1.165) is 0 Å². The van der Waals surface area contributed by atoms with Crippen LogP contribution in [0.4, 0.5) is 0 Å². The van der Waals surface area contributed by atoms with Crippen molar-refractivity contribution in [2.24, 2.45) is 5.50 Å². The maximum Gasteiger partial charge on any atom is 0.334 e. The molecule has 2 N–H and O–H groups in total. The van der Waals surface area contributed by atoms with Crippen LogP contribution in [0.1, 0.15) is 6.92 Å². The van der Waals surface area contributed by atoms with Gasteiger partial charge in [-0.15, -0.1) is 0 Å². The van der Waals surface area contributed by atoms with Crippen LogP contribution in [0.25, 0.3) is 0 Å². The fourth-order valence-electron chi connectivity index (χ4n) is 0.228. The van der Waals surface area contributed by atoms with E-state index in [0.29, 0.717) is 0 Å². The summed E-state index contributed by atoms with van der Waals surface area (Å²) >= 11 is 0. The molecule has 3 nitrogen and oxygen atoms in total. The van der Waals surface area contributed by atoms with Gasteiger partial charge >= 0.3 is 5.97 Å². The van der Waals surface area contributed by atoms with Gasteiger partial charge in [0.05, 0.1) is 0 Å². The van der Waals surface area contributed by atoms with Crippen LogP contribution in [0.5, 0.6) is 0 Å². The summed E-state index contributed by atoms with van der Waals surface area (Å²) in [5.74, 6) is -0.381. The van der Waals surface area contributed by atoms with Crippen molar-refractivity contribution < 1.29 is 9.32 Å². The summed E-state index contributed by atoms with van der Waals surface area (Å²) in [5.41, 5.74) is 4.91. The van der Waals surface area contributed by atoms with E-state index in [-0.39, 0.29) is 14.9 Å². The van der Waals surface area contributed by atoms with Gasteiger partial charge in [0.25, 0.3) is 0 Å². The lowest BCUT2D eigenvalue weighted by Crippen LogP contribution is -1.92. The highest BCUT2D eigenvalue weighted by atomic mass is 31.1. The number of rotatable bonds is 2. The Morgan fingerprint density at radius 3 is 2.88 bits per heavy atom. The smallest absolute Gasteiger partial charge is 0.334 e. The molecular formula is C4H8NO2P. The van der Waals surface area contributed by atoms with Crippen molar-refractivity contribution in [3.8, 4) is 0 Å². The molecule has 0 rings (SSSR count). The minimum atomic E-state index is -0.381. The van der Waals surface area contributed by atoms with Crippen molar-refractivity contribution in [2.75, 3.05) is 0 Å². The largest absolute Gasteiger partial charge is 0.428 e. The SMILES string of the molecule is C/C=C/C(=O)OPN. The summed E-state index contributed by atoms with van der Waals surface area (Å²) in [5, 5.41) is 0. The molecule has 46 valence electrons. The second kappa shape index (κ2) is 4.75. The minimum absolute atomic E-state index is 0.253. The lowest BCUT2D eigenvalue weighted by molar-refractivity contribution is -0.128. The van der Waals surface area contributed by atoms with Crippen molar-refractivity contribution in [1.82, 2.24) is 0 Å². The number of nitrogens with two attached hydrogens (primary N) is 1. The van der Waals surface area contributed by atoms with E-state index in [1.165, 1.54) is 6.08 Å². The lowest BCUT2D eigenvalue weighted by atomic mass is 10.5. The third kappa shape index (κ3) is 3.78. The fourth-order valence-corrected chi connectivity index (χ4v) is 0.412. The molecule has 1 atom stereocenters. The quantitative estimate of drug-likeness (QED) is 0.442. The first kappa shape index (κ1) is 7.60. The maximum absolute atomic E-state index is 10.3. The first-order valence-electron chi connectivity index (χ1n) is 2.10. The third-order valence-electron chi connectivity index (χ3n) is 0.462. The van der Waals surface area contributed by atoms with Gasteiger partial charge in [-0.3, -0.25) is 5.50 Å². The van der Waals surface area contributed by atoms with Gasteiger partial charge in [0.1, 0.15) is 8.96 Å². The van der Waals surface area contributed by atoms with E-state index in [1.807, 2.05) is 0 Å². The molecule has 0 saturated heterocycles. The molecule has 1 unspecified atom stereocenters. The molecule has 0 aromatic carbocycles. The molecule has 0 radical (unpaired) electrons. The molecular weight excluding hydrogens is 125 g/mol. The van der Waals surface area contributed by atoms with Gasteiger partial charge in [-0.1, -0.05) is 6.08 Å². The fraction of sp³-hybridized carbons (Fsp3) is 0.250. The van der Waals surface area contributed by atoms with Gasteiger partial charge in [0, 0.05) is 6.08 Å². The molecule has 0 aromatic rings. The van der Waals surface area contributed by atoms with Crippen LogP contribution in [-0.2, 0) is 9.32 Å². The molecule has 0 heterocycles. The molecule has 0 aliphatic heterocycles. The average Bonchev–Trinajstić information content (AvgIpc) is 1.68. The highest BCUT2D eigenvalue weighted by Crippen LogP contribution is 1.98. The van der Waals surface area contributed by atoms with Crippen LogP contribution in [0, 0.1) is 0 Å².